The molecule has 1 aromatic carbocycles. The maximum atomic E-state index is 12.1. The number of nitro benzene ring substituents is 1. The number of hydrogen-bond donors (Lipinski definition) is 3. The summed E-state index contributed by atoms with van der Waals surface area (Å²) in [6.07, 6.45) is -3.48. The van der Waals surface area contributed by atoms with Gasteiger partial charge in [0.05, 0.1) is 18.1 Å². The van der Waals surface area contributed by atoms with Crippen molar-refractivity contribution < 1.29 is 29.3 Å². The van der Waals surface area contributed by atoms with Gasteiger partial charge in [0.25, 0.3) is 11.2 Å². The number of ether oxygens (including phenoxy) is 3. The number of nitrogens with one attached hydrogen (secondary N) is 1. The smallest absolute Gasteiger partial charge is 0.330 e. The van der Waals surface area contributed by atoms with Crippen LogP contribution in [-0.2, 0) is 20.6 Å². The van der Waals surface area contributed by atoms with Crippen LogP contribution in [0.2, 0.25) is 0 Å². The summed E-state index contributed by atoms with van der Waals surface area (Å²) in [6.45, 7) is 1.34. The van der Waals surface area contributed by atoms with E-state index >= 15 is 0 Å². The SMILES string of the molecule is CC(OCCc1ccc([N+](=O)[O-])cc1)OC1C(O)[C@H](CO)O[C@@H]1n1ccc(=O)[nH]c1=O. The summed E-state index contributed by atoms with van der Waals surface area (Å²) in [4.78, 5) is 35.7. The molecule has 1 aromatic heterocycles. The first-order chi connectivity index (χ1) is 14.8. The molecule has 0 bridgehead atoms. The molecule has 12 heteroatoms. The van der Waals surface area contributed by atoms with E-state index in [1.807, 2.05) is 0 Å². The molecule has 1 saturated heterocycles. The Morgan fingerprint density at radius 3 is 2.61 bits per heavy atom. The fourth-order valence-electron chi connectivity index (χ4n) is 3.26. The van der Waals surface area contributed by atoms with E-state index in [-0.39, 0.29) is 12.3 Å². The number of benzene rings is 1. The van der Waals surface area contributed by atoms with Gasteiger partial charge < -0.3 is 24.4 Å². The Kier molecular flexibility index (Phi) is 7.30. The van der Waals surface area contributed by atoms with Gasteiger partial charge >= 0.3 is 5.69 Å². The Balaban J connectivity index is 1.62. The molecular formula is C19H23N3O9. The molecule has 0 radical (unpaired) electrons. The van der Waals surface area contributed by atoms with E-state index in [1.54, 1.807) is 19.1 Å². The number of aromatic nitrogens is 2. The van der Waals surface area contributed by atoms with Crippen LogP contribution in [0.25, 0.3) is 0 Å². The molecule has 0 aliphatic carbocycles. The van der Waals surface area contributed by atoms with Crippen molar-refractivity contribution in [3.63, 3.8) is 0 Å². The molecule has 2 aromatic rings. The van der Waals surface area contributed by atoms with Gasteiger partial charge in [0.2, 0.25) is 0 Å². The highest BCUT2D eigenvalue weighted by molar-refractivity contribution is 5.32. The summed E-state index contributed by atoms with van der Waals surface area (Å²) in [5, 5.41) is 30.6. The van der Waals surface area contributed by atoms with Crippen LogP contribution in [-0.4, -0.2) is 62.5 Å². The maximum Gasteiger partial charge on any atom is 0.330 e. The highest BCUT2D eigenvalue weighted by Crippen LogP contribution is 2.31. The number of nitrogens with zero attached hydrogens (tertiary/aromatic N) is 2. The second-order valence-corrected chi connectivity index (χ2v) is 6.97. The standard InChI is InChI=1S/C19H23N3O9/c1-11(29-9-7-12-2-4-13(5-3-12)22(27)28)30-17-16(25)14(10-23)31-18(17)21-8-6-15(24)20-19(21)26/h2-6,8,11,14,16-18,23,25H,7,9-10H2,1H3,(H,20,24,26)/t11?,14-,16?,17?,18-/m0/s1. The highest BCUT2D eigenvalue weighted by atomic mass is 16.7. The predicted molar refractivity (Wildman–Crippen MR) is 105 cm³/mol. The number of H-pyrrole nitrogens is 1. The lowest BCUT2D eigenvalue weighted by Crippen LogP contribution is -2.41. The van der Waals surface area contributed by atoms with Crippen molar-refractivity contribution in [1.82, 2.24) is 9.55 Å². The summed E-state index contributed by atoms with van der Waals surface area (Å²) in [5.41, 5.74) is -0.499. The first-order valence-corrected chi connectivity index (χ1v) is 9.56. The lowest BCUT2D eigenvalue weighted by Gasteiger charge is -2.25. The summed E-state index contributed by atoms with van der Waals surface area (Å²) >= 11 is 0. The van der Waals surface area contributed by atoms with Crippen molar-refractivity contribution in [2.24, 2.45) is 0 Å². The van der Waals surface area contributed by atoms with Gasteiger partial charge in [-0.3, -0.25) is 24.5 Å². The molecule has 0 amide bonds. The van der Waals surface area contributed by atoms with E-state index in [0.717, 1.165) is 16.2 Å². The van der Waals surface area contributed by atoms with E-state index in [0.29, 0.717) is 6.42 Å². The van der Waals surface area contributed by atoms with E-state index in [1.165, 1.54) is 18.3 Å². The molecule has 2 heterocycles. The average Bonchev–Trinajstić information content (AvgIpc) is 3.03. The molecule has 1 fully saturated rings. The number of nitro groups is 1. The highest BCUT2D eigenvalue weighted by Gasteiger charge is 2.46. The Hall–Kier alpha value is -2.90. The molecule has 3 unspecified atom stereocenters. The molecule has 3 rings (SSSR count). The minimum Gasteiger partial charge on any atom is -0.394 e. The van der Waals surface area contributed by atoms with Crippen molar-refractivity contribution in [2.75, 3.05) is 13.2 Å². The van der Waals surface area contributed by atoms with Crippen molar-refractivity contribution in [3.8, 4) is 0 Å². The average molecular weight is 437 g/mol. The maximum absolute atomic E-state index is 12.1. The van der Waals surface area contributed by atoms with Crippen LogP contribution >= 0.6 is 0 Å². The fraction of sp³-hybridized carbons (Fsp3) is 0.474. The third kappa shape index (κ3) is 5.42. The van der Waals surface area contributed by atoms with Gasteiger partial charge in [0, 0.05) is 24.4 Å². The second kappa shape index (κ2) is 9.94. The summed E-state index contributed by atoms with van der Waals surface area (Å²) in [6, 6.07) is 7.20. The van der Waals surface area contributed by atoms with Crippen LogP contribution in [0, 0.1) is 10.1 Å². The second-order valence-electron chi connectivity index (χ2n) is 6.97. The van der Waals surface area contributed by atoms with Gasteiger partial charge in [-0.05, 0) is 18.9 Å². The Morgan fingerprint density at radius 2 is 2.00 bits per heavy atom. The minimum atomic E-state index is -1.24. The molecule has 31 heavy (non-hydrogen) atoms. The van der Waals surface area contributed by atoms with Crippen LogP contribution in [0.5, 0.6) is 0 Å². The largest absolute Gasteiger partial charge is 0.394 e. The summed E-state index contributed by atoms with van der Waals surface area (Å²) in [5.74, 6) is 0. The van der Waals surface area contributed by atoms with Gasteiger partial charge in [0.1, 0.15) is 18.3 Å². The van der Waals surface area contributed by atoms with Crippen LogP contribution in [0.15, 0.2) is 46.1 Å². The van der Waals surface area contributed by atoms with Gasteiger partial charge in [-0.15, -0.1) is 0 Å². The van der Waals surface area contributed by atoms with Gasteiger partial charge in [-0.2, -0.15) is 0 Å². The Morgan fingerprint density at radius 1 is 1.29 bits per heavy atom. The monoisotopic (exact) mass is 437 g/mol. The first-order valence-electron chi connectivity index (χ1n) is 9.56. The fourth-order valence-corrected chi connectivity index (χ4v) is 3.26. The molecule has 5 atom stereocenters. The topological polar surface area (TPSA) is 166 Å². The number of non-ortho nitro benzene ring substituents is 1. The number of aromatic amines is 1. The molecule has 168 valence electrons. The van der Waals surface area contributed by atoms with E-state index in [4.69, 9.17) is 14.2 Å². The van der Waals surface area contributed by atoms with E-state index < -0.39 is 53.6 Å². The minimum absolute atomic E-state index is 0.00132. The molecule has 12 nitrogen and oxygen atoms in total. The van der Waals surface area contributed by atoms with Gasteiger partial charge in [0.15, 0.2) is 12.5 Å². The van der Waals surface area contributed by atoms with Crippen LogP contribution < -0.4 is 11.2 Å². The lowest BCUT2D eigenvalue weighted by atomic mass is 10.1. The predicted octanol–water partition coefficient (Wildman–Crippen LogP) is -0.314. The molecule has 0 saturated carbocycles. The van der Waals surface area contributed by atoms with E-state index in [9.17, 15) is 29.9 Å². The Bertz CT molecular complexity index is 1000. The first kappa shape index (κ1) is 22.8. The number of rotatable bonds is 9. The zero-order valence-corrected chi connectivity index (χ0v) is 16.6. The summed E-state index contributed by atoms with van der Waals surface area (Å²) < 4.78 is 18.0. The molecular weight excluding hydrogens is 414 g/mol. The molecule has 1 aliphatic rings. The van der Waals surface area contributed by atoms with Gasteiger partial charge in [-0.25, -0.2) is 4.79 Å². The van der Waals surface area contributed by atoms with Crippen LogP contribution in [0.4, 0.5) is 5.69 Å². The zero-order chi connectivity index (χ0) is 22.5. The normalized spacial score (nSPS) is 24.2. The third-order valence-corrected chi connectivity index (χ3v) is 4.86. The molecule has 1 aliphatic heterocycles. The van der Waals surface area contributed by atoms with Crippen LogP contribution in [0.3, 0.4) is 0 Å². The zero-order valence-electron chi connectivity index (χ0n) is 16.6. The quantitative estimate of drug-likeness (QED) is 0.271. The van der Waals surface area contributed by atoms with Gasteiger partial charge in [-0.1, -0.05) is 12.1 Å². The third-order valence-electron chi connectivity index (χ3n) is 4.86. The van der Waals surface area contributed by atoms with Crippen molar-refractivity contribution in [3.05, 3.63) is 73.0 Å². The number of aliphatic hydroxyl groups is 2. The van der Waals surface area contributed by atoms with Crippen molar-refractivity contribution >= 4 is 5.69 Å². The molecule has 0 spiro atoms. The lowest BCUT2D eigenvalue weighted by molar-refractivity contribution is -0.384. The van der Waals surface area contributed by atoms with E-state index in [2.05, 4.69) is 4.98 Å². The van der Waals surface area contributed by atoms with Crippen molar-refractivity contribution in [1.29, 1.82) is 0 Å². The number of hydrogen-bond acceptors (Lipinski definition) is 9. The summed E-state index contributed by atoms with van der Waals surface area (Å²) in [7, 11) is 0. The Labute approximate surface area is 175 Å². The van der Waals surface area contributed by atoms with Crippen molar-refractivity contribution in [2.45, 2.75) is 44.2 Å². The van der Waals surface area contributed by atoms with Crippen LogP contribution in [0.1, 0.15) is 18.7 Å². The number of aliphatic hydroxyl groups excluding tert-OH is 2. The molecule has 3 N–H and O–H groups in total.